The highest BCUT2D eigenvalue weighted by molar-refractivity contribution is 6.34. The highest BCUT2D eigenvalue weighted by Crippen LogP contribution is 2.30. The van der Waals surface area contributed by atoms with Gasteiger partial charge in [0.25, 0.3) is 0 Å². The number of halogens is 1. The van der Waals surface area contributed by atoms with Gasteiger partial charge in [-0.15, -0.1) is 10.2 Å². The summed E-state index contributed by atoms with van der Waals surface area (Å²) in [5, 5.41) is 15.3. The van der Waals surface area contributed by atoms with Crippen LogP contribution in [0.4, 0.5) is 5.69 Å². The predicted octanol–water partition coefficient (Wildman–Crippen LogP) is 7.65. The third kappa shape index (κ3) is 8.57. The van der Waals surface area contributed by atoms with Gasteiger partial charge in [0, 0.05) is 18.3 Å². The molecule has 1 unspecified atom stereocenters. The van der Waals surface area contributed by atoms with Crippen LogP contribution in [0.5, 0.6) is 5.88 Å². The molecule has 1 amide bonds. The summed E-state index contributed by atoms with van der Waals surface area (Å²) in [6.07, 6.45) is 13.3. The predicted molar refractivity (Wildman–Crippen MR) is 167 cm³/mol. The van der Waals surface area contributed by atoms with Gasteiger partial charge in [-0.05, 0) is 18.6 Å². The van der Waals surface area contributed by atoms with Crippen molar-refractivity contribution in [1.29, 1.82) is 0 Å². The Balaban J connectivity index is 1.32. The third-order valence-corrected chi connectivity index (χ3v) is 7.81. The second-order valence-corrected chi connectivity index (χ2v) is 10.9. The number of unbranched alkanes of at least 4 members (excludes halogenated alkanes) is 9. The van der Waals surface area contributed by atoms with Crippen LogP contribution < -0.4 is 15.0 Å². The number of rotatable bonds is 18. The van der Waals surface area contributed by atoms with Gasteiger partial charge in [-0.2, -0.15) is 0 Å². The molecular formula is C32H43ClN6O2. The Labute approximate surface area is 248 Å². The van der Waals surface area contributed by atoms with Gasteiger partial charge in [0.15, 0.2) is 11.5 Å². The zero-order valence-electron chi connectivity index (χ0n) is 24.3. The lowest BCUT2D eigenvalue weighted by Crippen LogP contribution is -2.46. The molecule has 0 saturated heterocycles. The Hall–Kier alpha value is -3.36. The molecule has 220 valence electrons. The molecule has 1 atom stereocenters. The van der Waals surface area contributed by atoms with Crippen molar-refractivity contribution in [2.45, 2.75) is 83.6 Å². The number of anilines is 1. The molecule has 4 rings (SSSR count). The maximum absolute atomic E-state index is 13.5. The number of amides is 1. The highest BCUT2D eigenvalue weighted by Gasteiger charge is 2.23. The van der Waals surface area contributed by atoms with E-state index in [1.165, 1.54) is 51.4 Å². The van der Waals surface area contributed by atoms with Gasteiger partial charge in [0.2, 0.25) is 11.8 Å². The monoisotopic (exact) mass is 578 g/mol. The van der Waals surface area contributed by atoms with E-state index in [1.807, 2.05) is 67.7 Å². The van der Waals surface area contributed by atoms with Crippen LogP contribution in [0.2, 0.25) is 5.02 Å². The molecule has 0 aliphatic rings. The second kappa shape index (κ2) is 16.2. The first kappa shape index (κ1) is 30.6. The molecule has 2 N–H and O–H groups in total. The molecule has 8 nitrogen and oxygen atoms in total. The van der Waals surface area contributed by atoms with Crippen LogP contribution in [0.25, 0.3) is 17.0 Å². The van der Waals surface area contributed by atoms with E-state index < -0.39 is 0 Å². The van der Waals surface area contributed by atoms with Gasteiger partial charge in [-0.3, -0.25) is 15.2 Å². The molecule has 2 aromatic carbocycles. The SMILES string of the molecule is CCCCCCCCCCCCC(NCOc1[nH]n2c(-c3ccccc3)nnc2c1Cl)C(=O)N(C)c1ccccc1. The molecule has 0 saturated carbocycles. The fourth-order valence-electron chi connectivity index (χ4n) is 5.03. The molecular weight excluding hydrogens is 536 g/mol. The summed E-state index contributed by atoms with van der Waals surface area (Å²) in [5.41, 5.74) is 2.26. The highest BCUT2D eigenvalue weighted by atomic mass is 35.5. The van der Waals surface area contributed by atoms with E-state index in [4.69, 9.17) is 16.3 Å². The lowest BCUT2D eigenvalue weighted by atomic mass is 10.0. The average Bonchev–Trinajstić information content (AvgIpc) is 3.56. The van der Waals surface area contributed by atoms with Crippen molar-refractivity contribution < 1.29 is 9.53 Å². The standard InChI is InChI=1S/C32H43ClN6O2/c1-3-4-5-6-7-8-9-10-11-18-23-27(32(40)38(2)26-21-16-13-17-22-26)34-24-41-31-28(33)30-36-35-29(39(30)37-31)25-19-14-12-15-20-25/h12-17,19-22,27,34,37H,3-11,18,23-24H2,1-2H3. The summed E-state index contributed by atoms with van der Waals surface area (Å²) in [6.45, 7) is 2.37. The molecule has 2 heterocycles. The number of nitrogens with zero attached hydrogens (tertiary/aromatic N) is 4. The van der Waals surface area contributed by atoms with E-state index in [2.05, 4.69) is 27.5 Å². The Bertz CT molecular complexity index is 1320. The van der Waals surface area contributed by atoms with Gasteiger partial charge in [0.1, 0.15) is 11.8 Å². The van der Waals surface area contributed by atoms with E-state index >= 15 is 0 Å². The van der Waals surface area contributed by atoms with Crippen molar-refractivity contribution in [3.8, 4) is 17.3 Å². The smallest absolute Gasteiger partial charge is 0.243 e. The fraction of sp³-hybridized carbons (Fsp3) is 0.469. The van der Waals surface area contributed by atoms with Crippen molar-refractivity contribution in [2.24, 2.45) is 0 Å². The van der Waals surface area contributed by atoms with Crippen LogP contribution in [-0.2, 0) is 4.79 Å². The molecule has 0 radical (unpaired) electrons. The third-order valence-electron chi connectivity index (χ3n) is 7.47. The van der Waals surface area contributed by atoms with Gasteiger partial charge < -0.3 is 9.64 Å². The molecule has 0 bridgehead atoms. The first-order chi connectivity index (χ1) is 20.1. The average molecular weight is 579 g/mol. The first-order valence-corrected chi connectivity index (χ1v) is 15.3. The molecule has 0 fully saturated rings. The van der Waals surface area contributed by atoms with Crippen molar-refractivity contribution >= 4 is 28.8 Å². The number of carbonyl (C=O) groups is 1. The number of aromatic nitrogens is 4. The Morgan fingerprint density at radius 2 is 1.54 bits per heavy atom. The van der Waals surface area contributed by atoms with Crippen molar-refractivity contribution in [3.05, 3.63) is 65.7 Å². The zero-order valence-corrected chi connectivity index (χ0v) is 25.1. The maximum Gasteiger partial charge on any atom is 0.243 e. The number of para-hydroxylation sites is 1. The summed E-state index contributed by atoms with van der Waals surface area (Å²) in [7, 11) is 1.82. The van der Waals surface area contributed by atoms with E-state index in [0.717, 1.165) is 30.5 Å². The van der Waals surface area contributed by atoms with Crippen molar-refractivity contribution in [1.82, 2.24) is 25.1 Å². The van der Waals surface area contributed by atoms with Gasteiger partial charge in [-0.25, -0.2) is 4.52 Å². The largest absolute Gasteiger partial charge is 0.461 e. The molecule has 9 heteroatoms. The van der Waals surface area contributed by atoms with Gasteiger partial charge >= 0.3 is 0 Å². The van der Waals surface area contributed by atoms with E-state index in [-0.39, 0.29) is 18.7 Å². The zero-order chi connectivity index (χ0) is 28.9. The molecule has 0 aliphatic heterocycles. The van der Waals surface area contributed by atoms with E-state index in [0.29, 0.717) is 22.4 Å². The van der Waals surface area contributed by atoms with Crippen LogP contribution in [0, 0.1) is 0 Å². The van der Waals surface area contributed by atoms with E-state index in [1.54, 1.807) is 9.42 Å². The van der Waals surface area contributed by atoms with Crippen LogP contribution in [0.3, 0.4) is 0 Å². The minimum Gasteiger partial charge on any atom is -0.461 e. The summed E-state index contributed by atoms with van der Waals surface area (Å²) in [4.78, 5) is 15.2. The van der Waals surface area contributed by atoms with Crippen LogP contribution in [0.15, 0.2) is 60.7 Å². The molecule has 4 aromatic rings. The Morgan fingerprint density at radius 1 is 0.927 bits per heavy atom. The lowest BCUT2D eigenvalue weighted by molar-refractivity contribution is -0.120. The molecule has 2 aromatic heterocycles. The lowest BCUT2D eigenvalue weighted by Gasteiger charge is -2.25. The number of ether oxygens (including phenoxy) is 1. The van der Waals surface area contributed by atoms with E-state index in [9.17, 15) is 4.79 Å². The molecule has 0 aliphatic carbocycles. The maximum atomic E-state index is 13.5. The van der Waals surface area contributed by atoms with Crippen LogP contribution in [0.1, 0.15) is 77.6 Å². The summed E-state index contributed by atoms with van der Waals surface area (Å²) in [5.74, 6) is 1.03. The number of fused-ring (bicyclic) bond motifs is 1. The fourth-order valence-corrected chi connectivity index (χ4v) is 5.25. The second-order valence-electron chi connectivity index (χ2n) is 10.6. The first-order valence-electron chi connectivity index (χ1n) is 15.0. The number of hydrogen-bond acceptors (Lipinski definition) is 5. The summed E-state index contributed by atoms with van der Waals surface area (Å²) >= 11 is 6.56. The van der Waals surface area contributed by atoms with Crippen LogP contribution in [-0.4, -0.2) is 45.5 Å². The normalized spacial score (nSPS) is 12.1. The number of aromatic amines is 1. The Kier molecular flexibility index (Phi) is 12.1. The van der Waals surface area contributed by atoms with Crippen molar-refractivity contribution in [3.63, 3.8) is 0 Å². The number of H-pyrrole nitrogens is 1. The van der Waals surface area contributed by atoms with Crippen LogP contribution >= 0.6 is 11.6 Å². The molecule has 0 spiro atoms. The number of nitrogens with one attached hydrogen (secondary N) is 2. The number of benzene rings is 2. The number of carbonyl (C=O) groups excluding carboxylic acids is 1. The Morgan fingerprint density at radius 3 is 2.20 bits per heavy atom. The topological polar surface area (TPSA) is 87.5 Å². The van der Waals surface area contributed by atoms with Gasteiger partial charge in [-0.1, -0.05) is 131 Å². The summed E-state index contributed by atoms with van der Waals surface area (Å²) < 4.78 is 7.69. The van der Waals surface area contributed by atoms with Gasteiger partial charge in [0.05, 0.1) is 6.04 Å². The van der Waals surface area contributed by atoms with Crippen molar-refractivity contribution in [2.75, 3.05) is 18.7 Å². The number of hydrogen-bond donors (Lipinski definition) is 2. The quantitative estimate of drug-likeness (QED) is 0.0935. The summed E-state index contributed by atoms with van der Waals surface area (Å²) in [6, 6.07) is 19.1. The number of likely N-dealkylation sites (N-methyl/N-ethyl adjacent to an activating group) is 1. The minimum absolute atomic E-state index is 0.0127. The molecule has 41 heavy (non-hydrogen) atoms. The minimum atomic E-state index is -0.381.